The van der Waals surface area contributed by atoms with Crippen LogP contribution in [0.15, 0.2) is 0 Å². The lowest BCUT2D eigenvalue weighted by molar-refractivity contribution is -0.132. The van der Waals surface area contributed by atoms with Crippen LogP contribution in [0.4, 0.5) is 0 Å². The molecule has 2 N–H and O–H groups in total. The van der Waals surface area contributed by atoms with Crippen LogP contribution in [0.3, 0.4) is 0 Å². The van der Waals surface area contributed by atoms with Gasteiger partial charge in [0.2, 0.25) is 10.0 Å². The molecule has 8 heteroatoms. The van der Waals surface area contributed by atoms with Gasteiger partial charge in [-0.3, -0.25) is 10.0 Å². The van der Waals surface area contributed by atoms with Crippen LogP contribution in [0, 0.1) is 0 Å². The number of rotatable bonds is 5. The third kappa shape index (κ3) is 2.52. The van der Waals surface area contributed by atoms with Crippen molar-refractivity contribution < 1.29 is 18.4 Å². The van der Waals surface area contributed by atoms with E-state index in [1.807, 2.05) is 0 Å². The second-order valence-electron chi connectivity index (χ2n) is 4.14. The summed E-state index contributed by atoms with van der Waals surface area (Å²) in [6.07, 6.45) is 0.478. The Morgan fingerprint density at radius 3 is 2.22 bits per heavy atom. The van der Waals surface area contributed by atoms with Crippen molar-refractivity contribution in [2.75, 3.05) is 24.6 Å². The Kier molecular flexibility index (Phi) is 5.45. The molecule has 6 nitrogen and oxygen atoms in total. The Morgan fingerprint density at radius 1 is 1.33 bits per heavy atom. The van der Waals surface area contributed by atoms with Crippen LogP contribution in [0.25, 0.3) is 0 Å². The summed E-state index contributed by atoms with van der Waals surface area (Å²) < 4.78 is 25.0. The number of nitrogens with one attached hydrogen (secondary N) is 1. The van der Waals surface area contributed by atoms with Crippen molar-refractivity contribution in [1.82, 2.24) is 9.79 Å². The molecule has 18 heavy (non-hydrogen) atoms. The van der Waals surface area contributed by atoms with Crippen LogP contribution in [-0.4, -0.2) is 53.2 Å². The summed E-state index contributed by atoms with van der Waals surface area (Å²) in [5, 5.41) is 8.85. The summed E-state index contributed by atoms with van der Waals surface area (Å²) in [4.78, 5) is 11.9. The number of nitrogens with zero attached hydrogens (tertiary/aromatic N) is 1. The molecule has 0 aromatic rings. The molecule has 0 atom stereocenters. The maximum absolute atomic E-state index is 12.6. The molecule has 0 bridgehead atoms. The molecule has 0 unspecified atom stereocenters. The first-order valence-corrected chi connectivity index (χ1v) is 8.57. The van der Waals surface area contributed by atoms with Gasteiger partial charge in [0, 0.05) is 13.1 Å². The van der Waals surface area contributed by atoms with Gasteiger partial charge in [0.1, 0.15) is 0 Å². The average molecular weight is 296 g/mol. The molecular formula is C10H20N2O4S2. The molecule has 0 aromatic heterocycles. The van der Waals surface area contributed by atoms with Gasteiger partial charge in [-0.2, -0.15) is 11.8 Å². The fourth-order valence-electron chi connectivity index (χ4n) is 2.22. The van der Waals surface area contributed by atoms with E-state index >= 15 is 0 Å². The van der Waals surface area contributed by atoms with Gasteiger partial charge in [-0.1, -0.05) is 13.8 Å². The highest BCUT2D eigenvalue weighted by Gasteiger charge is 2.53. The number of thioether (sulfide) groups is 1. The number of hydroxylamine groups is 1. The highest BCUT2D eigenvalue weighted by Crippen LogP contribution is 2.36. The third-order valence-corrected chi connectivity index (χ3v) is 7.12. The Morgan fingerprint density at radius 2 is 1.83 bits per heavy atom. The van der Waals surface area contributed by atoms with Gasteiger partial charge in [0.05, 0.1) is 0 Å². The minimum atomic E-state index is -3.75. The number of hydrogen-bond donors (Lipinski definition) is 2. The largest absolute Gasteiger partial charge is 0.289 e. The van der Waals surface area contributed by atoms with Gasteiger partial charge in [0.25, 0.3) is 5.91 Å². The van der Waals surface area contributed by atoms with Crippen LogP contribution in [0.2, 0.25) is 0 Å². The van der Waals surface area contributed by atoms with Crippen molar-refractivity contribution in [2.24, 2.45) is 0 Å². The zero-order chi connectivity index (χ0) is 13.8. The van der Waals surface area contributed by atoms with E-state index in [2.05, 4.69) is 0 Å². The van der Waals surface area contributed by atoms with Crippen LogP contribution < -0.4 is 5.48 Å². The zero-order valence-electron chi connectivity index (χ0n) is 10.7. The first kappa shape index (κ1) is 15.7. The predicted molar refractivity (Wildman–Crippen MR) is 71.1 cm³/mol. The smallest absolute Gasteiger partial charge is 0.266 e. The van der Waals surface area contributed by atoms with Crippen LogP contribution in [0.1, 0.15) is 26.7 Å². The summed E-state index contributed by atoms with van der Waals surface area (Å²) in [7, 11) is -3.75. The fourth-order valence-corrected chi connectivity index (χ4v) is 5.84. The third-order valence-electron chi connectivity index (χ3n) is 3.35. The summed E-state index contributed by atoms with van der Waals surface area (Å²) in [5.74, 6) is 0.400. The van der Waals surface area contributed by atoms with E-state index in [0.717, 1.165) is 0 Å². The molecule has 106 valence electrons. The summed E-state index contributed by atoms with van der Waals surface area (Å²) in [6.45, 7) is 4.13. The monoisotopic (exact) mass is 296 g/mol. The van der Waals surface area contributed by atoms with Crippen molar-refractivity contribution in [3.8, 4) is 0 Å². The van der Waals surface area contributed by atoms with Crippen LogP contribution in [-0.2, 0) is 14.8 Å². The zero-order valence-corrected chi connectivity index (χ0v) is 12.3. The molecule has 1 fully saturated rings. The number of carbonyl (C=O) groups is 1. The minimum absolute atomic E-state index is 0.239. The molecule has 1 rings (SSSR count). The van der Waals surface area contributed by atoms with E-state index in [1.54, 1.807) is 25.6 Å². The normalized spacial score (nSPS) is 19.8. The SMILES string of the molecule is CCN(CC)S(=O)(=O)C1(C(=O)NO)CCSCC1. The van der Waals surface area contributed by atoms with Gasteiger partial charge < -0.3 is 0 Å². The van der Waals surface area contributed by atoms with Crippen molar-refractivity contribution in [3.63, 3.8) is 0 Å². The lowest BCUT2D eigenvalue weighted by Crippen LogP contribution is -2.58. The topological polar surface area (TPSA) is 86.7 Å². The average Bonchev–Trinajstić information content (AvgIpc) is 2.39. The molecule has 0 aromatic carbocycles. The van der Waals surface area contributed by atoms with E-state index in [1.165, 1.54) is 9.79 Å². The lowest BCUT2D eigenvalue weighted by Gasteiger charge is -2.37. The number of amides is 1. The van der Waals surface area contributed by atoms with Crippen molar-refractivity contribution in [3.05, 3.63) is 0 Å². The van der Waals surface area contributed by atoms with Gasteiger partial charge in [0.15, 0.2) is 4.75 Å². The van der Waals surface area contributed by atoms with Gasteiger partial charge in [-0.15, -0.1) is 0 Å². The van der Waals surface area contributed by atoms with Crippen molar-refractivity contribution in [2.45, 2.75) is 31.4 Å². The van der Waals surface area contributed by atoms with E-state index in [-0.39, 0.29) is 12.8 Å². The first-order chi connectivity index (χ1) is 8.46. The van der Waals surface area contributed by atoms with E-state index < -0.39 is 20.7 Å². The Balaban J connectivity index is 3.21. The maximum atomic E-state index is 12.6. The van der Waals surface area contributed by atoms with Gasteiger partial charge in [-0.25, -0.2) is 18.2 Å². The minimum Gasteiger partial charge on any atom is -0.289 e. The second-order valence-corrected chi connectivity index (χ2v) is 7.61. The standard InChI is InChI=1S/C10H20N2O4S2/c1-3-12(4-2)18(15,16)10(9(13)11-14)5-7-17-8-6-10/h14H,3-8H2,1-2H3,(H,11,13). The summed E-state index contributed by atoms with van der Waals surface area (Å²) >= 11 is 1.62. The van der Waals surface area contributed by atoms with Gasteiger partial charge in [-0.05, 0) is 24.3 Å². The second kappa shape index (κ2) is 6.23. The predicted octanol–water partition coefficient (Wildman–Crippen LogP) is 0.429. The van der Waals surface area contributed by atoms with E-state index in [9.17, 15) is 13.2 Å². The number of carbonyl (C=O) groups excluding carboxylic acids is 1. The van der Waals surface area contributed by atoms with E-state index in [4.69, 9.17) is 5.21 Å². The van der Waals surface area contributed by atoms with Gasteiger partial charge >= 0.3 is 0 Å². The molecule has 0 radical (unpaired) electrons. The van der Waals surface area contributed by atoms with Crippen molar-refractivity contribution in [1.29, 1.82) is 0 Å². The summed E-state index contributed by atoms with van der Waals surface area (Å²) in [5.41, 5.74) is 1.53. The Labute approximate surface area is 112 Å². The van der Waals surface area contributed by atoms with Crippen molar-refractivity contribution >= 4 is 27.7 Å². The van der Waals surface area contributed by atoms with E-state index in [0.29, 0.717) is 24.6 Å². The highest BCUT2D eigenvalue weighted by molar-refractivity contribution is 7.99. The molecule has 1 heterocycles. The Bertz CT molecular complexity index is 387. The maximum Gasteiger partial charge on any atom is 0.266 e. The molecular weight excluding hydrogens is 276 g/mol. The number of sulfonamides is 1. The lowest BCUT2D eigenvalue weighted by atomic mass is 10.0. The molecule has 0 saturated carbocycles. The quantitative estimate of drug-likeness (QED) is 0.567. The molecule has 0 spiro atoms. The molecule has 0 aliphatic carbocycles. The fraction of sp³-hybridized carbons (Fsp3) is 0.900. The highest BCUT2D eigenvalue weighted by atomic mass is 32.2. The molecule has 1 amide bonds. The molecule has 1 aliphatic heterocycles. The van der Waals surface area contributed by atoms with Crippen LogP contribution >= 0.6 is 11.8 Å². The number of hydrogen-bond acceptors (Lipinski definition) is 5. The molecule has 1 aliphatic rings. The summed E-state index contributed by atoms with van der Waals surface area (Å²) in [6, 6.07) is 0. The molecule has 1 saturated heterocycles. The first-order valence-electron chi connectivity index (χ1n) is 5.98. The Hall–Kier alpha value is -0.310. The van der Waals surface area contributed by atoms with Crippen LogP contribution in [0.5, 0.6) is 0 Å².